The van der Waals surface area contributed by atoms with Crippen LogP contribution in [0.2, 0.25) is 0 Å². The molecule has 2 aromatic rings. The number of benzene rings is 1. The lowest BCUT2D eigenvalue weighted by atomic mass is 10.2. The maximum atomic E-state index is 10.6. The molecule has 0 amide bonds. The molecular formula is C13H9N3O3. The third kappa shape index (κ3) is 2.84. The van der Waals surface area contributed by atoms with Crippen LogP contribution in [0.5, 0.6) is 11.5 Å². The molecule has 1 aromatic carbocycles. The van der Waals surface area contributed by atoms with Gasteiger partial charge in [0.1, 0.15) is 23.3 Å². The molecule has 0 aliphatic rings. The number of aryl methyl sites for hydroxylation is 1. The Labute approximate surface area is 109 Å². The quantitative estimate of drug-likeness (QED) is 0.621. The van der Waals surface area contributed by atoms with Gasteiger partial charge in [-0.3, -0.25) is 10.1 Å². The second-order valence-corrected chi connectivity index (χ2v) is 3.80. The van der Waals surface area contributed by atoms with Gasteiger partial charge in [-0.25, -0.2) is 4.98 Å². The summed E-state index contributed by atoms with van der Waals surface area (Å²) >= 11 is 0. The maximum Gasteiger partial charge on any atom is 0.269 e. The highest BCUT2D eigenvalue weighted by atomic mass is 16.6. The molecule has 0 spiro atoms. The lowest BCUT2D eigenvalue weighted by molar-refractivity contribution is -0.384. The van der Waals surface area contributed by atoms with Gasteiger partial charge in [0, 0.05) is 24.4 Å². The van der Waals surface area contributed by atoms with Crippen LogP contribution in [0.15, 0.2) is 36.5 Å². The summed E-state index contributed by atoms with van der Waals surface area (Å²) in [6, 6.07) is 9.35. The van der Waals surface area contributed by atoms with Gasteiger partial charge in [0.2, 0.25) is 0 Å². The van der Waals surface area contributed by atoms with Crippen molar-refractivity contribution in [3.8, 4) is 17.6 Å². The van der Waals surface area contributed by atoms with Gasteiger partial charge < -0.3 is 4.74 Å². The topological polar surface area (TPSA) is 89.1 Å². The van der Waals surface area contributed by atoms with E-state index in [1.54, 1.807) is 13.0 Å². The van der Waals surface area contributed by atoms with Crippen LogP contribution in [-0.4, -0.2) is 9.91 Å². The molecular weight excluding hydrogens is 246 g/mol. The minimum Gasteiger partial charge on any atom is -0.457 e. The molecule has 0 radical (unpaired) electrons. The monoisotopic (exact) mass is 255 g/mol. The Morgan fingerprint density at radius 1 is 1.37 bits per heavy atom. The summed E-state index contributed by atoms with van der Waals surface area (Å²) in [7, 11) is 0. The summed E-state index contributed by atoms with van der Waals surface area (Å²) < 4.78 is 5.57. The first-order chi connectivity index (χ1) is 9.10. The van der Waals surface area contributed by atoms with E-state index in [0.29, 0.717) is 17.1 Å². The van der Waals surface area contributed by atoms with E-state index in [-0.39, 0.29) is 11.4 Å². The average molecular weight is 255 g/mol. The lowest BCUT2D eigenvalue weighted by Crippen LogP contribution is -1.92. The summed E-state index contributed by atoms with van der Waals surface area (Å²) in [4.78, 5) is 14.0. The summed E-state index contributed by atoms with van der Waals surface area (Å²) in [5.74, 6) is 0.962. The number of aromatic nitrogens is 1. The predicted octanol–water partition coefficient (Wildman–Crippen LogP) is 2.96. The zero-order valence-electron chi connectivity index (χ0n) is 10.0. The number of nitriles is 1. The highest BCUT2D eigenvalue weighted by Gasteiger charge is 2.09. The highest BCUT2D eigenvalue weighted by Crippen LogP contribution is 2.27. The van der Waals surface area contributed by atoms with Crippen molar-refractivity contribution in [3.63, 3.8) is 0 Å². The third-order valence-electron chi connectivity index (χ3n) is 2.44. The van der Waals surface area contributed by atoms with Crippen molar-refractivity contribution >= 4 is 5.69 Å². The van der Waals surface area contributed by atoms with Gasteiger partial charge in [0.05, 0.1) is 4.92 Å². The lowest BCUT2D eigenvalue weighted by Gasteiger charge is -2.08. The van der Waals surface area contributed by atoms with E-state index in [0.717, 1.165) is 0 Å². The number of nitro groups is 1. The number of nitrogens with zero attached hydrogens (tertiary/aromatic N) is 3. The molecule has 0 aliphatic heterocycles. The molecule has 0 N–H and O–H groups in total. The van der Waals surface area contributed by atoms with E-state index in [2.05, 4.69) is 4.98 Å². The largest absolute Gasteiger partial charge is 0.457 e. The van der Waals surface area contributed by atoms with Gasteiger partial charge in [-0.2, -0.15) is 5.26 Å². The molecule has 0 saturated heterocycles. The minimum absolute atomic E-state index is 0.0114. The SMILES string of the molecule is Cc1cc([N+](=O)[O-])ccc1Oc1ccnc(C#N)c1. The molecule has 19 heavy (non-hydrogen) atoms. The second kappa shape index (κ2) is 5.14. The third-order valence-corrected chi connectivity index (χ3v) is 2.44. The smallest absolute Gasteiger partial charge is 0.269 e. The fraction of sp³-hybridized carbons (Fsp3) is 0.0769. The van der Waals surface area contributed by atoms with Crippen LogP contribution < -0.4 is 4.74 Å². The van der Waals surface area contributed by atoms with Gasteiger partial charge in [0.25, 0.3) is 5.69 Å². The molecule has 0 bridgehead atoms. The van der Waals surface area contributed by atoms with E-state index in [4.69, 9.17) is 10.00 Å². The Bertz CT molecular complexity index is 677. The maximum absolute atomic E-state index is 10.6. The Hall–Kier alpha value is -2.94. The first kappa shape index (κ1) is 12.5. The number of ether oxygens (including phenoxy) is 1. The average Bonchev–Trinajstić information content (AvgIpc) is 2.41. The number of nitro benzene ring substituents is 1. The molecule has 6 nitrogen and oxygen atoms in total. The molecule has 0 fully saturated rings. The standard InChI is InChI=1S/C13H9N3O3/c1-9-6-11(16(17)18)2-3-13(9)19-12-4-5-15-10(7-12)8-14/h2-7H,1H3. The Morgan fingerprint density at radius 2 is 2.16 bits per heavy atom. The van der Waals surface area contributed by atoms with Gasteiger partial charge in [-0.05, 0) is 24.6 Å². The van der Waals surface area contributed by atoms with Crippen molar-refractivity contribution < 1.29 is 9.66 Å². The summed E-state index contributed by atoms with van der Waals surface area (Å²) in [6.07, 6.45) is 1.47. The van der Waals surface area contributed by atoms with E-state index in [9.17, 15) is 10.1 Å². The van der Waals surface area contributed by atoms with Crippen LogP contribution >= 0.6 is 0 Å². The zero-order chi connectivity index (χ0) is 13.8. The number of hydrogen-bond donors (Lipinski definition) is 0. The molecule has 0 saturated carbocycles. The molecule has 6 heteroatoms. The fourth-order valence-corrected chi connectivity index (χ4v) is 1.52. The van der Waals surface area contributed by atoms with Gasteiger partial charge >= 0.3 is 0 Å². The fourth-order valence-electron chi connectivity index (χ4n) is 1.52. The van der Waals surface area contributed by atoms with Crippen LogP contribution in [0.3, 0.4) is 0 Å². The summed E-state index contributed by atoms with van der Waals surface area (Å²) in [5, 5.41) is 19.4. The van der Waals surface area contributed by atoms with Crippen molar-refractivity contribution in [3.05, 3.63) is 57.9 Å². The van der Waals surface area contributed by atoms with Gasteiger partial charge in [-0.1, -0.05) is 0 Å². The van der Waals surface area contributed by atoms with E-state index >= 15 is 0 Å². The molecule has 1 aromatic heterocycles. The molecule has 94 valence electrons. The molecule has 0 atom stereocenters. The van der Waals surface area contributed by atoms with Gasteiger partial charge in [0.15, 0.2) is 0 Å². The predicted molar refractivity (Wildman–Crippen MR) is 66.9 cm³/mol. The number of rotatable bonds is 3. The van der Waals surface area contributed by atoms with Gasteiger partial charge in [-0.15, -0.1) is 0 Å². The van der Waals surface area contributed by atoms with E-state index in [1.807, 2.05) is 6.07 Å². The molecule has 0 unspecified atom stereocenters. The van der Waals surface area contributed by atoms with Crippen molar-refractivity contribution in [1.29, 1.82) is 5.26 Å². The Morgan fingerprint density at radius 3 is 2.79 bits per heavy atom. The van der Waals surface area contributed by atoms with Crippen molar-refractivity contribution in [2.24, 2.45) is 0 Å². The molecule has 1 heterocycles. The first-order valence-electron chi connectivity index (χ1n) is 5.39. The van der Waals surface area contributed by atoms with Crippen LogP contribution in [0.1, 0.15) is 11.3 Å². The summed E-state index contributed by atoms with van der Waals surface area (Å²) in [5.41, 5.74) is 0.902. The van der Waals surface area contributed by atoms with Crippen LogP contribution in [-0.2, 0) is 0 Å². The number of non-ortho nitro benzene ring substituents is 1. The second-order valence-electron chi connectivity index (χ2n) is 3.80. The number of pyridine rings is 1. The van der Waals surface area contributed by atoms with E-state index < -0.39 is 4.92 Å². The van der Waals surface area contributed by atoms with Crippen LogP contribution in [0.4, 0.5) is 5.69 Å². The Kier molecular flexibility index (Phi) is 3.39. The zero-order valence-corrected chi connectivity index (χ0v) is 10.0. The van der Waals surface area contributed by atoms with Crippen molar-refractivity contribution in [2.75, 3.05) is 0 Å². The normalized spacial score (nSPS) is 9.68. The number of hydrogen-bond acceptors (Lipinski definition) is 5. The van der Waals surface area contributed by atoms with E-state index in [1.165, 1.54) is 30.5 Å². The molecule has 2 rings (SSSR count). The van der Waals surface area contributed by atoms with Crippen molar-refractivity contribution in [1.82, 2.24) is 4.98 Å². The highest BCUT2D eigenvalue weighted by molar-refractivity contribution is 5.45. The minimum atomic E-state index is -0.461. The first-order valence-corrected chi connectivity index (χ1v) is 5.39. The Balaban J connectivity index is 2.28. The molecule has 0 aliphatic carbocycles. The van der Waals surface area contributed by atoms with Crippen LogP contribution in [0, 0.1) is 28.4 Å². The van der Waals surface area contributed by atoms with Crippen molar-refractivity contribution in [2.45, 2.75) is 6.92 Å². The van der Waals surface area contributed by atoms with Crippen LogP contribution in [0.25, 0.3) is 0 Å². The summed E-state index contributed by atoms with van der Waals surface area (Å²) in [6.45, 7) is 1.72.